The molecule has 1 unspecified atom stereocenters. The number of halogens is 3. The van der Waals surface area contributed by atoms with Crippen molar-refractivity contribution in [3.8, 4) is 11.1 Å². The van der Waals surface area contributed by atoms with Crippen LogP contribution in [0, 0.1) is 6.92 Å². The van der Waals surface area contributed by atoms with Gasteiger partial charge in [-0.2, -0.15) is 18.3 Å². The van der Waals surface area contributed by atoms with E-state index in [0.717, 1.165) is 80.1 Å². The number of allylic oxidation sites excluding steroid dienone is 2. The van der Waals surface area contributed by atoms with Gasteiger partial charge >= 0.3 is 6.18 Å². The lowest BCUT2D eigenvalue weighted by atomic mass is 9.87. The summed E-state index contributed by atoms with van der Waals surface area (Å²) in [4.78, 5) is 11.6. The molecular weight excluding hydrogens is 607 g/mol. The molecule has 2 aliphatic heterocycles. The number of imidazole rings is 1. The number of piperidine rings is 1. The predicted molar refractivity (Wildman–Crippen MR) is 177 cm³/mol. The van der Waals surface area contributed by atoms with Crippen molar-refractivity contribution in [2.24, 2.45) is 0 Å². The fourth-order valence-electron chi connectivity index (χ4n) is 7.16. The average molecular weight is 646 g/mol. The molecule has 7 rings (SSSR count). The summed E-state index contributed by atoms with van der Waals surface area (Å²) in [5.74, 6) is 0.474. The standard InChI is InChI=1S/C35H38F3N7S/c1-4-29(41-34-39-14-18-46-34)33(32-30-7-6-15-44(30)21-40-32)45-20-27-28(35(36,37)38)19-26(22(3)31(27)42-45)25-10-8-23(9-11-25)24-12-16-43(5-2)17-13-24/h4,8-11,14,18-21,24,33H,5-7,12-13,15-17H2,1-3H3,(H,39,41)/b29-4-. The molecule has 3 aromatic heterocycles. The highest BCUT2D eigenvalue weighted by Gasteiger charge is 2.36. The number of thiazole rings is 1. The molecule has 0 spiro atoms. The number of aromatic nitrogens is 5. The summed E-state index contributed by atoms with van der Waals surface area (Å²) in [6, 6.07) is 8.87. The third kappa shape index (κ3) is 5.64. The van der Waals surface area contributed by atoms with Gasteiger partial charge in [-0.05, 0) is 93.4 Å². The molecule has 0 radical (unpaired) electrons. The van der Waals surface area contributed by atoms with Crippen LogP contribution < -0.4 is 5.32 Å². The van der Waals surface area contributed by atoms with Crippen LogP contribution >= 0.6 is 11.3 Å². The molecule has 7 nitrogen and oxygen atoms in total. The van der Waals surface area contributed by atoms with E-state index in [1.807, 2.05) is 43.8 Å². The molecule has 46 heavy (non-hydrogen) atoms. The number of hydrogen-bond acceptors (Lipinski definition) is 6. The third-order valence-electron chi connectivity index (χ3n) is 9.71. The molecule has 1 fully saturated rings. The van der Waals surface area contributed by atoms with Gasteiger partial charge in [-0.1, -0.05) is 37.3 Å². The Bertz CT molecular complexity index is 1860. The van der Waals surface area contributed by atoms with Crippen LogP contribution in [0.1, 0.15) is 73.1 Å². The van der Waals surface area contributed by atoms with Crippen molar-refractivity contribution < 1.29 is 13.2 Å². The number of alkyl halides is 3. The first-order valence-electron chi connectivity index (χ1n) is 16.0. The summed E-state index contributed by atoms with van der Waals surface area (Å²) < 4.78 is 48.1. The molecular formula is C35H38F3N7S. The number of rotatable bonds is 8. The first-order chi connectivity index (χ1) is 22.2. The molecule has 0 aliphatic carbocycles. The Morgan fingerprint density at radius 2 is 1.91 bits per heavy atom. The second-order valence-electron chi connectivity index (χ2n) is 12.3. The molecule has 5 aromatic rings. The zero-order valence-corrected chi connectivity index (χ0v) is 27.1. The van der Waals surface area contributed by atoms with E-state index in [1.54, 1.807) is 17.1 Å². The maximum absolute atomic E-state index is 14.8. The van der Waals surface area contributed by atoms with Crippen molar-refractivity contribution in [3.05, 3.63) is 94.3 Å². The van der Waals surface area contributed by atoms with E-state index < -0.39 is 17.8 Å². The number of hydrogen-bond donors (Lipinski definition) is 1. The summed E-state index contributed by atoms with van der Waals surface area (Å²) in [5, 5.41) is 11.0. The maximum atomic E-state index is 14.8. The van der Waals surface area contributed by atoms with Crippen LogP contribution in [0.3, 0.4) is 0 Å². The number of anilines is 1. The second kappa shape index (κ2) is 12.3. The van der Waals surface area contributed by atoms with Crippen LogP contribution in [0.25, 0.3) is 22.0 Å². The third-order valence-corrected chi connectivity index (χ3v) is 10.4. The minimum atomic E-state index is -4.56. The lowest BCUT2D eigenvalue weighted by molar-refractivity contribution is -0.136. The summed E-state index contributed by atoms with van der Waals surface area (Å²) in [7, 11) is 0. The molecule has 2 aliphatic rings. The molecule has 1 saturated heterocycles. The smallest absolute Gasteiger partial charge is 0.334 e. The molecule has 2 aromatic carbocycles. The summed E-state index contributed by atoms with van der Waals surface area (Å²) in [6.45, 7) is 10.1. The highest BCUT2D eigenvalue weighted by atomic mass is 32.1. The molecule has 1 N–H and O–H groups in total. The van der Waals surface area contributed by atoms with Crippen molar-refractivity contribution in [1.29, 1.82) is 0 Å². The summed E-state index contributed by atoms with van der Waals surface area (Å²) in [6.07, 6.45) is 6.50. The largest absolute Gasteiger partial charge is 0.417 e. The van der Waals surface area contributed by atoms with Crippen molar-refractivity contribution in [3.63, 3.8) is 0 Å². The van der Waals surface area contributed by atoms with Crippen molar-refractivity contribution in [2.45, 2.75) is 71.1 Å². The van der Waals surface area contributed by atoms with E-state index in [9.17, 15) is 13.2 Å². The molecule has 1 atom stereocenters. The monoisotopic (exact) mass is 645 g/mol. The summed E-state index contributed by atoms with van der Waals surface area (Å²) in [5.41, 5.74) is 5.55. The zero-order valence-electron chi connectivity index (χ0n) is 26.3. The van der Waals surface area contributed by atoms with Gasteiger partial charge in [0.05, 0.1) is 23.1 Å². The highest BCUT2D eigenvalue weighted by Crippen LogP contribution is 2.42. The Morgan fingerprint density at radius 3 is 2.59 bits per heavy atom. The number of nitrogens with one attached hydrogen (secondary N) is 1. The van der Waals surface area contributed by atoms with Crippen LogP contribution in [0.2, 0.25) is 0 Å². The SMILES string of the molecule is C/C=C(\Nc1nccs1)C(c1ncn2c1CCC2)n1cc2c(C(F)(F)F)cc(-c3ccc(C4CCN(CC)CC4)cc3)c(C)c2n1. The van der Waals surface area contributed by atoms with Crippen LogP contribution in [0.15, 0.2) is 66.2 Å². The number of aryl methyl sites for hydroxylation is 2. The minimum Gasteiger partial charge on any atom is -0.334 e. The van der Waals surface area contributed by atoms with Crippen molar-refractivity contribution >= 4 is 27.4 Å². The van der Waals surface area contributed by atoms with Crippen molar-refractivity contribution in [2.75, 3.05) is 25.0 Å². The quantitative estimate of drug-likeness (QED) is 0.184. The Kier molecular flexibility index (Phi) is 8.23. The first-order valence-corrected chi connectivity index (χ1v) is 16.9. The first kappa shape index (κ1) is 30.7. The lowest BCUT2D eigenvalue weighted by Crippen LogP contribution is -2.32. The van der Waals surface area contributed by atoms with Gasteiger partial charge in [0.2, 0.25) is 0 Å². The van der Waals surface area contributed by atoms with E-state index in [1.165, 1.54) is 23.0 Å². The minimum absolute atomic E-state index is 0.0820. The van der Waals surface area contributed by atoms with E-state index in [-0.39, 0.29) is 5.39 Å². The van der Waals surface area contributed by atoms with Crippen LogP contribution in [0.4, 0.5) is 18.3 Å². The maximum Gasteiger partial charge on any atom is 0.417 e. The van der Waals surface area contributed by atoms with E-state index in [4.69, 9.17) is 10.1 Å². The van der Waals surface area contributed by atoms with E-state index >= 15 is 0 Å². The number of fused-ring (bicyclic) bond motifs is 2. The van der Waals surface area contributed by atoms with Crippen molar-refractivity contribution in [1.82, 2.24) is 29.2 Å². The van der Waals surface area contributed by atoms with E-state index in [2.05, 4.69) is 38.8 Å². The van der Waals surface area contributed by atoms with Gasteiger partial charge in [0.15, 0.2) is 5.13 Å². The molecule has 0 saturated carbocycles. The molecule has 11 heteroatoms. The van der Waals surface area contributed by atoms with Crippen LogP contribution in [0.5, 0.6) is 0 Å². The van der Waals surface area contributed by atoms with E-state index in [0.29, 0.717) is 22.1 Å². The zero-order chi connectivity index (χ0) is 32.0. The lowest BCUT2D eigenvalue weighted by Gasteiger charge is -2.31. The number of benzene rings is 2. The Morgan fingerprint density at radius 1 is 1.13 bits per heavy atom. The molecule has 5 heterocycles. The fraction of sp³-hybridized carbons (Fsp3) is 0.400. The molecule has 0 amide bonds. The number of nitrogens with zero attached hydrogens (tertiary/aromatic N) is 6. The van der Waals surface area contributed by atoms with Gasteiger partial charge in [0.1, 0.15) is 6.04 Å². The van der Waals surface area contributed by atoms with Gasteiger partial charge in [0.25, 0.3) is 0 Å². The van der Waals surface area contributed by atoms with Gasteiger partial charge in [-0.25, -0.2) is 9.97 Å². The second-order valence-corrected chi connectivity index (χ2v) is 13.2. The Balaban J connectivity index is 1.32. The average Bonchev–Trinajstić information content (AvgIpc) is 3.87. The molecule has 0 bridgehead atoms. The summed E-state index contributed by atoms with van der Waals surface area (Å²) >= 11 is 1.46. The normalized spacial score (nSPS) is 17.1. The van der Waals surface area contributed by atoms with Crippen LogP contribution in [-0.4, -0.2) is 48.8 Å². The highest BCUT2D eigenvalue weighted by molar-refractivity contribution is 7.13. The van der Waals surface area contributed by atoms with Gasteiger partial charge in [0, 0.05) is 41.1 Å². The van der Waals surface area contributed by atoms with Gasteiger partial charge in [-0.15, -0.1) is 11.3 Å². The predicted octanol–water partition coefficient (Wildman–Crippen LogP) is 8.43. The number of likely N-dealkylation sites (tertiary alicyclic amines) is 1. The Labute approximate surface area is 270 Å². The fourth-order valence-corrected chi connectivity index (χ4v) is 7.71. The van der Waals surface area contributed by atoms with Gasteiger partial charge in [-0.3, -0.25) is 4.68 Å². The topological polar surface area (TPSA) is 63.8 Å². The Hall–Kier alpha value is -3.96. The van der Waals surface area contributed by atoms with Crippen LogP contribution in [-0.2, 0) is 19.1 Å². The molecule has 240 valence electrons. The van der Waals surface area contributed by atoms with Gasteiger partial charge < -0.3 is 14.8 Å².